The van der Waals surface area contributed by atoms with Gasteiger partial charge in [-0.2, -0.15) is 5.10 Å². The van der Waals surface area contributed by atoms with E-state index in [1.807, 2.05) is 12.1 Å². The largest absolute Gasteiger partial charge is 0.493 e. The SMILES string of the molecule is COc1ccccc1OCc1cc(C(=O)N[C@H](C)C(=O)N(C)C)n[nH]1. The van der Waals surface area contributed by atoms with Crippen LogP contribution >= 0.6 is 0 Å². The lowest BCUT2D eigenvalue weighted by Crippen LogP contribution is -2.44. The van der Waals surface area contributed by atoms with E-state index in [2.05, 4.69) is 15.5 Å². The first-order valence-corrected chi connectivity index (χ1v) is 7.74. The maximum Gasteiger partial charge on any atom is 0.272 e. The van der Waals surface area contributed by atoms with E-state index in [0.717, 1.165) is 0 Å². The Morgan fingerprint density at radius 2 is 1.96 bits per heavy atom. The summed E-state index contributed by atoms with van der Waals surface area (Å²) in [7, 11) is 4.83. The number of aromatic nitrogens is 2. The molecule has 2 aromatic rings. The first kappa shape index (κ1) is 18.3. The van der Waals surface area contributed by atoms with E-state index in [9.17, 15) is 9.59 Å². The maximum atomic E-state index is 12.1. The quantitative estimate of drug-likeness (QED) is 0.785. The third-order valence-electron chi connectivity index (χ3n) is 3.47. The number of carbonyl (C=O) groups excluding carboxylic acids is 2. The summed E-state index contributed by atoms with van der Waals surface area (Å²) in [6.45, 7) is 1.82. The number of hydrogen-bond acceptors (Lipinski definition) is 5. The highest BCUT2D eigenvalue weighted by Crippen LogP contribution is 2.26. The number of nitrogens with zero attached hydrogens (tertiary/aromatic N) is 2. The normalized spacial score (nSPS) is 11.5. The lowest BCUT2D eigenvalue weighted by atomic mass is 10.2. The standard InChI is InChI=1S/C17H22N4O4/c1-11(17(23)21(2)3)18-16(22)13-9-12(19-20-13)10-25-15-8-6-5-7-14(15)24-4/h5-9,11H,10H2,1-4H3,(H,18,22)(H,19,20)/t11-/m1/s1. The minimum absolute atomic E-state index is 0.191. The second-order valence-corrected chi connectivity index (χ2v) is 5.65. The van der Waals surface area contributed by atoms with Crippen molar-refractivity contribution in [2.24, 2.45) is 0 Å². The summed E-state index contributed by atoms with van der Waals surface area (Å²) in [6.07, 6.45) is 0. The molecule has 0 aliphatic carbocycles. The summed E-state index contributed by atoms with van der Waals surface area (Å²) in [4.78, 5) is 25.3. The van der Waals surface area contributed by atoms with Gasteiger partial charge in [0.1, 0.15) is 18.3 Å². The summed E-state index contributed by atoms with van der Waals surface area (Å²) in [5.41, 5.74) is 0.819. The zero-order valence-corrected chi connectivity index (χ0v) is 14.7. The number of ether oxygens (including phenoxy) is 2. The molecular formula is C17H22N4O4. The number of aromatic amines is 1. The van der Waals surface area contributed by atoms with Crippen LogP contribution in [-0.2, 0) is 11.4 Å². The molecule has 0 aliphatic rings. The van der Waals surface area contributed by atoms with Crippen LogP contribution in [0.1, 0.15) is 23.1 Å². The summed E-state index contributed by atoms with van der Waals surface area (Å²) < 4.78 is 10.9. The number of amides is 2. The van der Waals surface area contributed by atoms with Crippen molar-refractivity contribution < 1.29 is 19.1 Å². The third kappa shape index (κ3) is 4.72. The topological polar surface area (TPSA) is 96.5 Å². The van der Waals surface area contributed by atoms with Crippen LogP contribution in [0.3, 0.4) is 0 Å². The summed E-state index contributed by atoms with van der Waals surface area (Å²) >= 11 is 0. The molecule has 0 aliphatic heterocycles. The number of benzene rings is 1. The zero-order valence-electron chi connectivity index (χ0n) is 14.7. The molecule has 0 radical (unpaired) electrons. The molecule has 1 aromatic heterocycles. The lowest BCUT2D eigenvalue weighted by molar-refractivity contribution is -0.130. The minimum Gasteiger partial charge on any atom is -0.493 e. The Morgan fingerprint density at radius 3 is 2.60 bits per heavy atom. The smallest absolute Gasteiger partial charge is 0.272 e. The molecule has 0 spiro atoms. The number of methoxy groups -OCH3 is 1. The van der Waals surface area contributed by atoms with E-state index in [4.69, 9.17) is 9.47 Å². The van der Waals surface area contributed by atoms with Crippen molar-refractivity contribution in [3.63, 3.8) is 0 Å². The monoisotopic (exact) mass is 346 g/mol. The van der Waals surface area contributed by atoms with Gasteiger partial charge in [0, 0.05) is 14.1 Å². The maximum absolute atomic E-state index is 12.1. The number of carbonyl (C=O) groups is 2. The van der Waals surface area contributed by atoms with E-state index in [-0.39, 0.29) is 18.2 Å². The molecule has 1 aromatic carbocycles. The number of H-pyrrole nitrogens is 1. The van der Waals surface area contributed by atoms with E-state index >= 15 is 0 Å². The van der Waals surface area contributed by atoms with Crippen LogP contribution in [0.25, 0.3) is 0 Å². The van der Waals surface area contributed by atoms with Crippen molar-refractivity contribution in [1.82, 2.24) is 20.4 Å². The van der Waals surface area contributed by atoms with Crippen molar-refractivity contribution in [3.8, 4) is 11.5 Å². The highest BCUT2D eigenvalue weighted by atomic mass is 16.5. The molecule has 2 amide bonds. The van der Waals surface area contributed by atoms with Gasteiger partial charge in [-0.1, -0.05) is 12.1 Å². The number of hydrogen-bond donors (Lipinski definition) is 2. The molecule has 2 N–H and O–H groups in total. The van der Waals surface area contributed by atoms with Crippen molar-refractivity contribution in [2.45, 2.75) is 19.6 Å². The van der Waals surface area contributed by atoms with Gasteiger partial charge in [0.15, 0.2) is 11.5 Å². The highest BCUT2D eigenvalue weighted by Gasteiger charge is 2.19. The van der Waals surface area contributed by atoms with E-state index < -0.39 is 11.9 Å². The van der Waals surface area contributed by atoms with Gasteiger partial charge >= 0.3 is 0 Å². The molecule has 0 fully saturated rings. The van der Waals surface area contributed by atoms with Crippen LogP contribution in [0.2, 0.25) is 0 Å². The summed E-state index contributed by atoms with van der Waals surface area (Å²) in [6, 6.07) is 8.22. The van der Waals surface area contributed by atoms with Gasteiger partial charge in [0.2, 0.25) is 5.91 Å². The molecule has 0 saturated carbocycles. The first-order valence-electron chi connectivity index (χ1n) is 7.74. The van der Waals surface area contributed by atoms with Crippen LogP contribution in [0.4, 0.5) is 0 Å². The van der Waals surface area contributed by atoms with Crippen LogP contribution < -0.4 is 14.8 Å². The molecule has 8 nitrogen and oxygen atoms in total. The molecule has 134 valence electrons. The van der Waals surface area contributed by atoms with Gasteiger partial charge in [-0.25, -0.2) is 0 Å². The number of nitrogens with one attached hydrogen (secondary N) is 2. The van der Waals surface area contributed by atoms with Crippen LogP contribution in [0.15, 0.2) is 30.3 Å². The first-order chi connectivity index (χ1) is 11.9. The Labute approximate surface area is 146 Å². The van der Waals surface area contributed by atoms with Crippen LogP contribution in [0.5, 0.6) is 11.5 Å². The Bertz CT molecular complexity index is 742. The van der Waals surface area contributed by atoms with Gasteiger partial charge < -0.3 is 19.7 Å². The fraction of sp³-hybridized carbons (Fsp3) is 0.353. The van der Waals surface area contributed by atoms with E-state index in [1.165, 1.54) is 4.90 Å². The molecule has 0 saturated heterocycles. The summed E-state index contributed by atoms with van der Waals surface area (Å²) in [5, 5.41) is 9.31. The van der Waals surface area contributed by atoms with E-state index in [1.54, 1.807) is 46.3 Å². The average molecular weight is 346 g/mol. The predicted molar refractivity (Wildman–Crippen MR) is 91.5 cm³/mol. The third-order valence-corrected chi connectivity index (χ3v) is 3.47. The predicted octanol–water partition coefficient (Wildman–Crippen LogP) is 1.20. The molecule has 0 unspecified atom stereocenters. The van der Waals surface area contributed by atoms with Crippen molar-refractivity contribution in [3.05, 3.63) is 41.7 Å². The molecular weight excluding hydrogens is 324 g/mol. The molecule has 1 heterocycles. The highest BCUT2D eigenvalue weighted by molar-refractivity contribution is 5.95. The molecule has 0 bridgehead atoms. The van der Waals surface area contributed by atoms with Crippen LogP contribution in [0, 0.1) is 0 Å². The summed E-state index contributed by atoms with van der Waals surface area (Å²) in [5.74, 6) is 0.595. The van der Waals surface area contributed by atoms with Gasteiger partial charge in [-0.05, 0) is 25.1 Å². The number of para-hydroxylation sites is 2. The van der Waals surface area contributed by atoms with Crippen molar-refractivity contribution in [1.29, 1.82) is 0 Å². The van der Waals surface area contributed by atoms with Gasteiger partial charge in [0.05, 0.1) is 12.8 Å². The van der Waals surface area contributed by atoms with Gasteiger partial charge in [0.25, 0.3) is 5.91 Å². The fourth-order valence-corrected chi connectivity index (χ4v) is 2.17. The number of rotatable bonds is 7. The van der Waals surface area contributed by atoms with Gasteiger partial charge in [-0.15, -0.1) is 0 Å². The second-order valence-electron chi connectivity index (χ2n) is 5.65. The number of likely N-dealkylation sites (N-methyl/N-ethyl adjacent to an activating group) is 1. The molecule has 1 atom stereocenters. The fourth-order valence-electron chi connectivity index (χ4n) is 2.17. The zero-order chi connectivity index (χ0) is 18.4. The lowest BCUT2D eigenvalue weighted by Gasteiger charge is -2.17. The Hall–Kier alpha value is -3.03. The molecule has 2 rings (SSSR count). The van der Waals surface area contributed by atoms with Crippen molar-refractivity contribution >= 4 is 11.8 Å². The Balaban J connectivity index is 1.95. The Kier molecular flexibility index (Phi) is 5.99. The van der Waals surface area contributed by atoms with E-state index in [0.29, 0.717) is 17.2 Å². The molecule has 25 heavy (non-hydrogen) atoms. The van der Waals surface area contributed by atoms with Crippen molar-refractivity contribution in [2.75, 3.05) is 21.2 Å². The molecule has 8 heteroatoms. The van der Waals surface area contributed by atoms with Crippen LogP contribution in [-0.4, -0.2) is 54.2 Å². The second kappa shape index (κ2) is 8.18. The Morgan fingerprint density at radius 1 is 1.28 bits per heavy atom. The van der Waals surface area contributed by atoms with Gasteiger partial charge in [-0.3, -0.25) is 14.7 Å². The minimum atomic E-state index is -0.632. The average Bonchev–Trinajstić information content (AvgIpc) is 3.08.